The highest BCUT2D eigenvalue weighted by atomic mass is 32.1. The van der Waals surface area contributed by atoms with Crippen LogP contribution < -0.4 is 16.2 Å². The highest BCUT2D eigenvalue weighted by Crippen LogP contribution is 2.38. The summed E-state index contributed by atoms with van der Waals surface area (Å²) in [6.07, 6.45) is 2.92. The van der Waals surface area contributed by atoms with Crippen molar-refractivity contribution in [2.24, 2.45) is 5.92 Å². The molecule has 2 N–H and O–H groups in total. The lowest BCUT2D eigenvalue weighted by Crippen LogP contribution is -2.52. The molecule has 1 amide bonds. The number of hydrogen-bond donors (Lipinski definition) is 2. The Morgan fingerprint density at radius 1 is 1.36 bits per heavy atom. The smallest absolute Gasteiger partial charge is 0.251 e. The summed E-state index contributed by atoms with van der Waals surface area (Å²) in [6.45, 7) is 6.13. The average molecular weight is 398 g/mol. The zero-order valence-electron chi connectivity index (χ0n) is 15.9. The summed E-state index contributed by atoms with van der Waals surface area (Å²) in [5, 5.41) is 6.45. The molecule has 5 rings (SSSR count). The van der Waals surface area contributed by atoms with E-state index >= 15 is 0 Å². The van der Waals surface area contributed by atoms with Gasteiger partial charge in [-0.25, -0.2) is 4.98 Å². The van der Waals surface area contributed by atoms with Gasteiger partial charge in [0.25, 0.3) is 5.56 Å². The molecule has 3 aromatic heterocycles. The lowest BCUT2D eigenvalue weighted by molar-refractivity contribution is -0.127. The molecule has 3 aromatic rings. The maximum atomic E-state index is 13.1. The number of aryl methyl sites for hydroxylation is 2. The summed E-state index contributed by atoms with van der Waals surface area (Å²) in [5.41, 5.74) is 2.88. The number of fused-ring (bicyclic) bond motifs is 5. The largest absolute Gasteiger partial charge is 0.349 e. The molecular weight excluding hydrogens is 374 g/mol. The fourth-order valence-corrected chi connectivity index (χ4v) is 5.57. The molecule has 146 valence electrons. The molecule has 0 aromatic carbocycles. The first-order valence-corrected chi connectivity index (χ1v) is 10.5. The van der Waals surface area contributed by atoms with Crippen LogP contribution in [-0.4, -0.2) is 32.9 Å². The van der Waals surface area contributed by atoms with Crippen molar-refractivity contribution in [1.82, 2.24) is 24.6 Å². The van der Waals surface area contributed by atoms with Gasteiger partial charge in [0.15, 0.2) is 4.96 Å². The zero-order chi connectivity index (χ0) is 19.4. The van der Waals surface area contributed by atoms with E-state index in [2.05, 4.69) is 33.9 Å². The second-order valence-corrected chi connectivity index (χ2v) is 8.98. The summed E-state index contributed by atoms with van der Waals surface area (Å²) in [6, 6.07) is 4.84. The third-order valence-electron chi connectivity index (χ3n) is 6.10. The lowest BCUT2D eigenvalue weighted by atomic mass is 9.79. The molecule has 0 unspecified atom stereocenters. The van der Waals surface area contributed by atoms with Crippen molar-refractivity contribution in [3.63, 3.8) is 0 Å². The number of nitrogens with one attached hydrogen (secondary N) is 2. The Morgan fingerprint density at radius 2 is 2.21 bits per heavy atom. The number of thiazole rings is 1. The van der Waals surface area contributed by atoms with Crippen LogP contribution in [0.2, 0.25) is 0 Å². The van der Waals surface area contributed by atoms with Crippen molar-refractivity contribution in [2.75, 3.05) is 13.1 Å². The Bertz CT molecular complexity index is 1130. The second-order valence-electron chi connectivity index (χ2n) is 7.80. The molecule has 3 atom stereocenters. The standard InChI is InChI=1S/C20H23N5O2S/c1-11-12(2)28-20-23-15(10-24(11)20)9-22-19(27)18-14-6-13(7-21-8-14)16-4-3-5-17(26)25(16)18/h3-5,10,13-14,18,21H,6-9H2,1-2H3,(H,22,27)/t13-,14+,18-/m1/s1. The van der Waals surface area contributed by atoms with Gasteiger partial charge in [-0.3, -0.25) is 18.6 Å². The van der Waals surface area contributed by atoms with Gasteiger partial charge in [-0.1, -0.05) is 6.07 Å². The number of carbonyl (C=O) groups is 1. The van der Waals surface area contributed by atoms with E-state index in [0.29, 0.717) is 12.5 Å². The minimum atomic E-state index is -0.472. The normalized spacial score (nSPS) is 23.6. The molecule has 0 radical (unpaired) electrons. The number of imidazole rings is 1. The number of aromatic nitrogens is 3. The number of piperidine rings is 1. The van der Waals surface area contributed by atoms with Gasteiger partial charge in [-0.2, -0.15) is 0 Å². The molecular formula is C20H23N5O2S. The monoisotopic (exact) mass is 397 g/mol. The van der Waals surface area contributed by atoms with Gasteiger partial charge < -0.3 is 10.6 Å². The summed E-state index contributed by atoms with van der Waals surface area (Å²) < 4.78 is 3.78. The van der Waals surface area contributed by atoms with Crippen LogP contribution in [0.25, 0.3) is 4.96 Å². The van der Waals surface area contributed by atoms with Crippen LogP contribution in [0.3, 0.4) is 0 Å². The van der Waals surface area contributed by atoms with Gasteiger partial charge in [0.1, 0.15) is 6.04 Å². The third kappa shape index (κ3) is 2.70. The van der Waals surface area contributed by atoms with Crippen molar-refractivity contribution in [1.29, 1.82) is 0 Å². The predicted molar refractivity (Wildman–Crippen MR) is 108 cm³/mol. The van der Waals surface area contributed by atoms with Gasteiger partial charge in [-0.05, 0) is 26.3 Å². The fourth-order valence-electron chi connectivity index (χ4n) is 4.60. The Labute approximate surface area is 166 Å². The molecule has 0 spiro atoms. The van der Waals surface area contributed by atoms with Gasteiger partial charge in [0.2, 0.25) is 5.91 Å². The third-order valence-corrected chi connectivity index (χ3v) is 7.17. The van der Waals surface area contributed by atoms with E-state index in [1.165, 1.54) is 10.6 Å². The summed E-state index contributed by atoms with van der Waals surface area (Å²) in [4.78, 5) is 32.5. The maximum Gasteiger partial charge on any atom is 0.251 e. The summed E-state index contributed by atoms with van der Waals surface area (Å²) in [7, 11) is 0. The molecule has 8 heteroatoms. The number of pyridine rings is 1. The maximum absolute atomic E-state index is 13.1. The van der Waals surface area contributed by atoms with Crippen LogP contribution in [0.4, 0.5) is 0 Å². The highest BCUT2D eigenvalue weighted by molar-refractivity contribution is 7.17. The van der Waals surface area contributed by atoms with Crippen molar-refractivity contribution >= 4 is 22.2 Å². The van der Waals surface area contributed by atoms with Crippen molar-refractivity contribution in [3.8, 4) is 0 Å². The topological polar surface area (TPSA) is 80.4 Å². The molecule has 28 heavy (non-hydrogen) atoms. The molecule has 0 aliphatic carbocycles. The van der Waals surface area contributed by atoms with Crippen LogP contribution in [0.1, 0.15) is 40.3 Å². The van der Waals surface area contributed by atoms with Gasteiger partial charge in [0, 0.05) is 53.5 Å². The van der Waals surface area contributed by atoms with Crippen molar-refractivity contribution in [2.45, 2.75) is 38.8 Å². The first-order valence-electron chi connectivity index (χ1n) is 9.67. The van der Waals surface area contributed by atoms with Gasteiger partial charge in [-0.15, -0.1) is 11.3 Å². The second kappa shape index (κ2) is 6.56. The molecule has 2 aliphatic heterocycles. The molecule has 1 saturated heterocycles. The van der Waals surface area contributed by atoms with E-state index in [1.807, 2.05) is 12.3 Å². The van der Waals surface area contributed by atoms with Crippen LogP contribution in [0.15, 0.2) is 29.2 Å². The van der Waals surface area contributed by atoms with E-state index in [0.717, 1.165) is 35.9 Å². The Hall–Kier alpha value is -2.45. The number of carbonyl (C=O) groups excluding carboxylic acids is 1. The summed E-state index contributed by atoms with van der Waals surface area (Å²) in [5.74, 6) is 0.315. The van der Waals surface area contributed by atoms with Crippen molar-refractivity contribution < 1.29 is 4.79 Å². The molecule has 7 nitrogen and oxygen atoms in total. The van der Waals surface area contributed by atoms with E-state index in [-0.39, 0.29) is 17.4 Å². The van der Waals surface area contributed by atoms with E-state index in [4.69, 9.17) is 0 Å². The number of nitrogens with zero attached hydrogens (tertiary/aromatic N) is 3. The number of hydrogen-bond acceptors (Lipinski definition) is 5. The van der Waals surface area contributed by atoms with Crippen LogP contribution in [0.5, 0.6) is 0 Å². The molecule has 2 aliphatic rings. The average Bonchev–Trinajstić information content (AvgIpc) is 3.20. The van der Waals surface area contributed by atoms with Crippen LogP contribution >= 0.6 is 11.3 Å². The van der Waals surface area contributed by atoms with Gasteiger partial charge >= 0.3 is 0 Å². The SMILES string of the molecule is Cc1sc2nc(CNC(=O)[C@H]3[C@@H]4CNC[C@@H](C4)c4cccc(=O)n43)cn2c1C. The first kappa shape index (κ1) is 17.6. The zero-order valence-corrected chi connectivity index (χ0v) is 16.8. The van der Waals surface area contributed by atoms with Crippen LogP contribution in [0, 0.1) is 19.8 Å². The predicted octanol–water partition coefficient (Wildman–Crippen LogP) is 1.74. The van der Waals surface area contributed by atoms with Crippen molar-refractivity contribution in [3.05, 3.63) is 56.7 Å². The summed E-state index contributed by atoms with van der Waals surface area (Å²) >= 11 is 1.65. The van der Waals surface area contributed by atoms with E-state index in [1.54, 1.807) is 28.0 Å². The minimum absolute atomic E-state index is 0.0946. The quantitative estimate of drug-likeness (QED) is 0.706. The van der Waals surface area contributed by atoms with E-state index < -0.39 is 6.04 Å². The first-order chi connectivity index (χ1) is 13.5. The highest BCUT2D eigenvalue weighted by Gasteiger charge is 2.41. The van der Waals surface area contributed by atoms with Crippen LogP contribution in [-0.2, 0) is 11.3 Å². The molecule has 0 saturated carbocycles. The Kier molecular flexibility index (Phi) is 4.13. The number of amides is 1. The number of rotatable bonds is 3. The molecule has 5 heterocycles. The molecule has 2 bridgehead atoms. The van der Waals surface area contributed by atoms with E-state index in [9.17, 15) is 9.59 Å². The minimum Gasteiger partial charge on any atom is -0.349 e. The lowest BCUT2D eigenvalue weighted by Gasteiger charge is -2.42. The Balaban J connectivity index is 1.41. The fraction of sp³-hybridized carbons (Fsp3) is 0.450. The molecule has 1 fully saturated rings. The van der Waals surface area contributed by atoms with Gasteiger partial charge in [0.05, 0.1) is 12.2 Å². The Morgan fingerprint density at radius 3 is 3.04 bits per heavy atom.